The van der Waals surface area contributed by atoms with Crippen molar-refractivity contribution in [3.05, 3.63) is 0 Å². The van der Waals surface area contributed by atoms with Crippen molar-refractivity contribution in [2.24, 2.45) is 5.92 Å². The maximum absolute atomic E-state index is 11.8. The minimum Gasteiger partial charge on any atom is -0.337 e. The zero-order valence-electron chi connectivity index (χ0n) is 11.4. The smallest absolute Gasteiger partial charge is 0.235 e. The van der Waals surface area contributed by atoms with Crippen molar-refractivity contribution in [2.75, 3.05) is 32.1 Å². The van der Waals surface area contributed by atoms with Crippen LogP contribution in [0.5, 0.6) is 0 Å². The number of rotatable bonds is 7. The van der Waals surface area contributed by atoms with Crippen molar-refractivity contribution in [1.29, 1.82) is 5.26 Å². The van der Waals surface area contributed by atoms with Gasteiger partial charge in [0.25, 0.3) is 0 Å². The molecule has 0 rings (SSSR count). The number of carbonyl (C=O) groups excluding carboxylic acids is 1. The highest BCUT2D eigenvalue weighted by Crippen LogP contribution is 2.14. The lowest BCUT2D eigenvalue weighted by atomic mass is 9.90. The molecule has 0 bridgehead atoms. The number of hydrogen-bond donors (Lipinski definition) is 1. The van der Waals surface area contributed by atoms with Gasteiger partial charge in [0.05, 0.1) is 12.6 Å². The van der Waals surface area contributed by atoms with Crippen LogP contribution in [0.1, 0.15) is 20.8 Å². The first-order valence-corrected chi connectivity index (χ1v) is 7.15. The Morgan fingerprint density at radius 1 is 1.59 bits per heavy atom. The summed E-state index contributed by atoms with van der Waals surface area (Å²) in [7, 11) is 1.91. The van der Waals surface area contributed by atoms with E-state index in [9.17, 15) is 4.79 Å². The minimum absolute atomic E-state index is 0.0907. The van der Waals surface area contributed by atoms with E-state index in [1.54, 1.807) is 18.7 Å². The molecule has 0 radical (unpaired) electrons. The summed E-state index contributed by atoms with van der Waals surface area (Å²) in [5, 5.41) is 11.9. The quantitative estimate of drug-likeness (QED) is 0.747. The highest BCUT2D eigenvalue weighted by atomic mass is 32.2. The van der Waals surface area contributed by atoms with Crippen molar-refractivity contribution in [1.82, 2.24) is 10.2 Å². The Hall–Kier alpha value is -0.730. The number of carbonyl (C=O) groups is 1. The van der Waals surface area contributed by atoms with Crippen molar-refractivity contribution in [3.8, 4) is 6.07 Å². The molecule has 1 unspecified atom stereocenters. The maximum atomic E-state index is 11.8. The average Bonchev–Trinajstić information content (AvgIpc) is 2.25. The Morgan fingerprint density at radius 3 is 2.59 bits per heavy atom. The Balaban J connectivity index is 4.22. The Bertz CT molecular complexity index is 288. The molecular weight excluding hydrogens is 234 g/mol. The van der Waals surface area contributed by atoms with E-state index in [1.165, 1.54) is 0 Å². The first-order chi connectivity index (χ1) is 7.85. The van der Waals surface area contributed by atoms with Crippen LogP contribution in [0.4, 0.5) is 0 Å². The molecule has 17 heavy (non-hydrogen) atoms. The Kier molecular flexibility index (Phi) is 7.24. The summed E-state index contributed by atoms with van der Waals surface area (Å²) < 4.78 is 0. The molecule has 0 aliphatic heterocycles. The van der Waals surface area contributed by atoms with Gasteiger partial charge in [0, 0.05) is 12.3 Å². The highest BCUT2D eigenvalue weighted by molar-refractivity contribution is 7.98. The third-order valence-electron chi connectivity index (χ3n) is 2.88. The molecule has 4 nitrogen and oxygen atoms in total. The molecule has 0 fully saturated rings. The second kappa shape index (κ2) is 7.57. The normalized spacial score (nSPS) is 14.5. The van der Waals surface area contributed by atoms with Gasteiger partial charge in [0.1, 0.15) is 5.54 Å². The number of nitriles is 1. The molecule has 98 valence electrons. The summed E-state index contributed by atoms with van der Waals surface area (Å²) in [6, 6.07) is 2.17. The molecule has 1 N–H and O–H groups in total. The second-order valence-electron chi connectivity index (χ2n) is 4.75. The summed E-state index contributed by atoms with van der Waals surface area (Å²) in [4.78, 5) is 13.7. The van der Waals surface area contributed by atoms with E-state index >= 15 is 0 Å². The standard InChI is InChI=1S/C12H23N3OS/c1-10(2)12(3,9-13)14-11(16)8-15(4)6-7-17-5/h10H,6-8H2,1-5H3,(H,14,16). The lowest BCUT2D eigenvalue weighted by molar-refractivity contribution is -0.123. The van der Waals surface area contributed by atoms with Gasteiger partial charge in [0.2, 0.25) is 5.91 Å². The largest absolute Gasteiger partial charge is 0.337 e. The van der Waals surface area contributed by atoms with Crippen LogP contribution in [0.25, 0.3) is 0 Å². The lowest BCUT2D eigenvalue weighted by Gasteiger charge is -2.28. The minimum atomic E-state index is -0.780. The molecule has 0 saturated heterocycles. The first-order valence-electron chi connectivity index (χ1n) is 5.75. The van der Waals surface area contributed by atoms with Crippen LogP contribution in [0.3, 0.4) is 0 Å². The third kappa shape index (κ3) is 5.94. The fourth-order valence-electron chi connectivity index (χ4n) is 1.20. The van der Waals surface area contributed by atoms with E-state index in [0.717, 1.165) is 12.3 Å². The topological polar surface area (TPSA) is 56.1 Å². The molecule has 0 aromatic carbocycles. The summed E-state index contributed by atoms with van der Waals surface area (Å²) in [6.07, 6.45) is 2.04. The molecule has 0 aliphatic rings. The number of thioether (sulfide) groups is 1. The van der Waals surface area contributed by atoms with Crippen molar-refractivity contribution in [3.63, 3.8) is 0 Å². The Morgan fingerprint density at radius 2 is 2.18 bits per heavy atom. The monoisotopic (exact) mass is 257 g/mol. The number of nitrogens with zero attached hydrogens (tertiary/aromatic N) is 2. The Labute approximate surface area is 109 Å². The average molecular weight is 257 g/mol. The SMILES string of the molecule is CSCCN(C)CC(=O)NC(C)(C#N)C(C)C. The zero-order chi connectivity index (χ0) is 13.5. The number of nitrogens with one attached hydrogen (secondary N) is 1. The van der Waals surface area contributed by atoms with E-state index in [1.807, 2.05) is 32.1 Å². The predicted molar refractivity (Wildman–Crippen MR) is 72.9 cm³/mol. The zero-order valence-corrected chi connectivity index (χ0v) is 12.2. The summed E-state index contributed by atoms with van der Waals surface area (Å²) >= 11 is 1.75. The number of hydrogen-bond acceptors (Lipinski definition) is 4. The number of amides is 1. The maximum Gasteiger partial charge on any atom is 0.235 e. The summed E-state index contributed by atoms with van der Waals surface area (Å²) in [5.41, 5.74) is -0.780. The van der Waals surface area contributed by atoms with Crippen LogP contribution in [0.2, 0.25) is 0 Å². The molecule has 1 atom stereocenters. The molecule has 0 aliphatic carbocycles. The van der Waals surface area contributed by atoms with Crippen LogP contribution in [-0.4, -0.2) is 48.5 Å². The third-order valence-corrected chi connectivity index (χ3v) is 3.47. The number of likely N-dealkylation sites (N-methyl/N-ethyl adjacent to an activating group) is 1. The molecule has 0 heterocycles. The van der Waals surface area contributed by atoms with Gasteiger partial charge in [0.15, 0.2) is 0 Å². The van der Waals surface area contributed by atoms with Gasteiger partial charge >= 0.3 is 0 Å². The van der Waals surface area contributed by atoms with Crippen molar-refractivity contribution in [2.45, 2.75) is 26.3 Å². The fourth-order valence-corrected chi connectivity index (χ4v) is 1.70. The summed E-state index contributed by atoms with van der Waals surface area (Å²) in [5.74, 6) is 1.00. The fraction of sp³-hybridized carbons (Fsp3) is 0.833. The molecular formula is C12H23N3OS. The second-order valence-corrected chi connectivity index (χ2v) is 5.73. The van der Waals surface area contributed by atoms with E-state index in [0.29, 0.717) is 6.54 Å². The first kappa shape index (κ1) is 16.3. The van der Waals surface area contributed by atoms with Gasteiger partial charge in [-0.3, -0.25) is 9.69 Å². The van der Waals surface area contributed by atoms with Gasteiger partial charge in [-0.25, -0.2) is 0 Å². The predicted octanol–water partition coefficient (Wildman–Crippen LogP) is 1.34. The van der Waals surface area contributed by atoms with Gasteiger partial charge in [-0.2, -0.15) is 17.0 Å². The van der Waals surface area contributed by atoms with E-state index in [-0.39, 0.29) is 11.8 Å². The molecule has 0 spiro atoms. The molecule has 0 saturated carbocycles. The van der Waals surface area contributed by atoms with Crippen LogP contribution in [-0.2, 0) is 4.79 Å². The van der Waals surface area contributed by atoms with E-state index < -0.39 is 5.54 Å². The van der Waals surface area contributed by atoms with Gasteiger partial charge in [-0.1, -0.05) is 13.8 Å². The van der Waals surface area contributed by atoms with Crippen LogP contribution >= 0.6 is 11.8 Å². The van der Waals surface area contributed by atoms with E-state index in [2.05, 4.69) is 11.4 Å². The highest BCUT2D eigenvalue weighted by Gasteiger charge is 2.29. The summed E-state index contributed by atoms with van der Waals surface area (Å²) in [6.45, 7) is 6.84. The van der Waals surface area contributed by atoms with E-state index in [4.69, 9.17) is 5.26 Å². The van der Waals surface area contributed by atoms with Crippen molar-refractivity contribution < 1.29 is 4.79 Å². The van der Waals surface area contributed by atoms with Crippen LogP contribution in [0, 0.1) is 17.2 Å². The van der Waals surface area contributed by atoms with Gasteiger partial charge < -0.3 is 5.32 Å². The van der Waals surface area contributed by atoms with Crippen LogP contribution < -0.4 is 5.32 Å². The van der Waals surface area contributed by atoms with Crippen LogP contribution in [0.15, 0.2) is 0 Å². The molecule has 5 heteroatoms. The van der Waals surface area contributed by atoms with Gasteiger partial charge in [-0.15, -0.1) is 0 Å². The van der Waals surface area contributed by atoms with Crippen molar-refractivity contribution >= 4 is 17.7 Å². The molecule has 1 amide bonds. The van der Waals surface area contributed by atoms with Gasteiger partial charge in [-0.05, 0) is 26.1 Å². The molecule has 0 aromatic rings. The lowest BCUT2D eigenvalue weighted by Crippen LogP contribution is -2.51. The molecule has 0 aromatic heterocycles.